The number of unbranched alkanes of at least 4 members (excludes halogenated alkanes) is 1. The topological polar surface area (TPSA) is 102 Å². The fourth-order valence-electron chi connectivity index (χ4n) is 1.05. The standard InChI is InChI=1S/C10H21N5S/c1-14-9(12)7-6-8(11)4-2-3-5-10(16)15-13/h6-7,14H,2-5,11-13H2,1H3,(H,15,16)/b8-6-,9-7+. The van der Waals surface area contributed by atoms with Crippen molar-refractivity contribution in [3.05, 3.63) is 23.7 Å². The molecule has 0 rings (SSSR count). The third kappa shape index (κ3) is 8.07. The van der Waals surface area contributed by atoms with E-state index in [9.17, 15) is 0 Å². The summed E-state index contributed by atoms with van der Waals surface area (Å²) in [5.41, 5.74) is 14.6. The van der Waals surface area contributed by atoms with Gasteiger partial charge in [-0.1, -0.05) is 12.2 Å². The van der Waals surface area contributed by atoms with Crippen molar-refractivity contribution in [2.45, 2.75) is 25.7 Å². The SMILES string of the molecule is CN/C(N)=C/C=C(\N)CCCCC(=S)NN. The summed E-state index contributed by atoms with van der Waals surface area (Å²) < 4.78 is 0. The molecule has 92 valence electrons. The second kappa shape index (κ2) is 8.99. The van der Waals surface area contributed by atoms with Gasteiger partial charge in [0.2, 0.25) is 0 Å². The molecule has 0 bridgehead atoms. The molecule has 8 N–H and O–H groups in total. The molecule has 0 atom stereocenters. The van der Waals surface area contributed by atoms with Gasteiger partial charge in [0.25, 0.3) is 0 Å². The molecule has 0 aliphatic carbocycles. The molecule has 0 amide bonds. The van der Waals surface area contributed by atoms with Crippen LogP contribution in [0.3, 0.4) is 0 Å². The van der Waals surface area contributed by atoms with Gasteiger partial charge in [-0.25, -0.2) is 0 Å². The van der Waals surface area contributed by atoms with Crippen LogP contribution in [0.15, 0.2) is 23.7 Å². The van der Waals surface area contributed by atoms with Crippen LogP contribution < -0.4 is 28.1 Å². The molecule has 0 aliphatic heterocycles. The Bertz CT molecular complexity index is 272. The number of allylic oxidation sites excluding steroid dienone is 3. The van der Waals surface area contributed by atoms with Gasteiger partial charge in [0.05, 0.1) is 10.8 Å². The van der Waals surface area contributed by atoms with Gasteiger partial charge in [0.15, 0.2) is 0 Å². The zero-order chi connectivity index (χ0) is 12.4. The number of thiocarbonyl (C=S) groups is 1. The molecule has 0 fully saturated rings. The first kappa shape index (κ1) is 14.7. The Hall–Kier alpha value is -1.27. The molecule has 0 spiro atoms. The fourth-order valence-corrected chi connectivity index (χ4v) is 1.19. The first-order valence-corrected chi connectivity index (χ1v) is 5.60. The summed E-state index contributed by atoms with van der Waals surface area (Å²) in [4.78, 5) is 0.682. The molecule has 0 saturated heterocycles. The van der Waals surface area contributed by atoms with Gasteiger partial charge in [-0.2, -0.15) is 0 Å². The van der Waals surface area contributed by atoms with Gasteiger partial charge >= 0.3 is 0 Å². The second-order valence-corrected chi connectivity index (χ2v) is 3.88. The lowest BCUT2D eigenvalue weighted by Crippen LogP contribution is -2.28. The van der Waals surface area contributed by atoms with Crippen LogP contribution in [0.2, 0.25) is 0 Å². The lowest BCUT2D eigenvalue weighted by molar-refractivity contribution is 0.744. The molecule has 0 saturated carbocycles. The summed E-state index contributed by atoms with van der Waals surface area (Å²) >= 11 is 4.92. The van der Waals surface area contributed by atoms with E-state index in [4.69, 9.17) is 29.5 Å². The van der Waals surface area contributed by atoms with E-state index in [0.29, 0.717) is 10.8 Å². The van der Waals surface area contributed by atoms with Crippen molar-refractivity contribution >= 4 is 17.2 Å². The van der Waals surface area contributed by atoms with Crippen LogP contribution in [0.25, 0.3) is 0 Å². The van der Waals surface area contributed by atoms with Crippen LogP contribution >= 0.6 is 12.2 Å². The van der Waals surface area contributed by atoms with Gasteiger partial charge in [-0.15, -0.1) is 0 Å². The van der Waals surface area contributed by atoms with Crippen LogP contribution in [0.1, 0.15) is 25.7 Å². The molecule has 0 unspecified atom stereocenters. The zero-order valence-electron chi connectivity index (χ0n) is 9.62. The van der Waals surface area contributed by atoms with E-state index in [2.05, 4.69) is 10.7 Å². The van der Waals surface area contributed by atoms with E-state index in [1.165, 1.54) is 0 Å². The van der Waals surface area contributed by atoms with Crippen molar-refractivity contribution in [2.75, 3.05) is 7.05 Å². The number of nitrogens with two attached hydrogens (primary N) is 3. The van der Waals surface area contributed by atoms with Gasteiger partial charge in [-0.05, 0) is 37.8 Å². The largest absolute Gasteiger partial charge is 0.402 e. The summed E-state index contributed by atoms with van der Waals surface area (Å²) in [5.74, 6) is 5.75. The Morgan fingerprint density at radius 3 is 2.38 bits per heavy atom. The van der Waals surface area contributed by atoms with E-state index < -0.39 is 0 Å². The molecule has 0 radical (unpaired) electrons. The van der Waals surface area contributed by atoms with Crippen LogP contribution in [-0.2, 0) is 0 Å². The predicted octanol–water partition coefficient (Wildman–Crippen LogP) is 0.200. The van der Waals surface area contributed by atoms with E-state index in [1.54, 1.807) is 13.1 Å². The summed E-state index contributed by atoms with van der Waals surface area (Å²) in [7, 11) is 1.76. The molecule has 0 aromatic heterocycles. The van der Waals surface area contributed by atoms with E-state index in [-0.39, 0.29) is 0 Å². The highest BCUT2D eigenvalue weighted by Crippen LogP contribution is 2.05. The first-order chi connectivity index (χ1) is 7.60. The molecular weight excluding hydrogens is 222 g/mol. The quantitative estimate of drug-likeness (QED) is 0.144. The normalized spacial score (nSPS) is 12.4. The van der Waals surface area contributed by atoms with Crippen LogP contribution in [0.4, 0.5) is 0 Å². The molecule has 0 heterocycles. The minimum absolute atomic E-state index is 0.594. The van der Waals surface area contributed by atoms with Gasteiger partial charge in [0, 0.05) is 12.7 Å². The number of hydrazine groups is 1. The average Bonchev–Trinajstić information content (AvgIpc) is 2.31. The second-order valence-electron chi connectivity index (χ2n) is 3.39. The molecule has 6 heteroatoms. The maximum atomic E-state index is 5.79. The lowest BCUT2D eigenvalue weighted by Gasteiger charge is -2.03. The Kier molecular flexibility index (Phi) is 8.28. The number of rotatable bonds is 7. The molecule has 5 nitrogen and oxygen atoms in total. The molecule has 0 aromatic rings. The fraction of sp³-hybridized carbons (Fsp3) is 0.500. The Morgan fingerprint density at radius 1 is 1.19 bits per heavy atom. The Morgan fingerprint density at radius 2 is 1.81 bits per heavy atom. The van der Waals surface area contributed by atoms with Crippen LogP contribution in [0.5, 0.6) is 0 Å². The molecular formula is C10H21N5S. The monoisotopic (exact) mass is 243 g/mol. The van der Waals surface area contributed by atoms with E-state index in [1.807, 2.05) is 6.08 Å². The highest BCUT2D eigenvalue weighted by molar-refractivity contribution is 7.80. The van der Waals surface area contributed by atoms with Crippen molar-refractivity contribution in [2.24, 2.45) is 17.3 Å². The summed E-state index contributed by atoms with van der Waals surface area (Å²) in [6.45, 7) is 0. The smallest absolute Gasteiger partial charge is 0.0958 e. The molecule has 16 heavy (non-hydrogen) atoms. The van der Waals surface area contributed by atoms with Gasteiger partial charge in [-0.3, -0.25) is 5.84 Å². The van der Waals surface area contributed by atoms with Crippen LogP contribution in [-0.4, -0.2) is 12.0 Å². The minimum Gasteiger partial charge on any atom is -0.402 e. The number of hydrogen-bond donors (Lipinski definition) is 5. The van der Waals surface area contributed by atoms with E-state index >= 15 is 0 Å². The summed E-state index contributed by atoms with van der Waals surface area (Å²) in [6.07, 6.45) is 7.15. The van der Waals surface area contributed by atoms with E-state index in [0.717, 1.165) is 31.4 Å². The number of hydrogen-bond acceptors (Lipinski definition) is 5. The van der Waals surface area contributed by atoms with Crippen molar-refractivity contribution in [3.8, 4) is 0 Å². The number of nitrogens with one attached hydrogen (secondary N) is 2. The van der Waals surface area contributed by atoms with Crippen molar-refractivity contribution in [1.82, 2.24) is 10.7 Å². The average molecular weight is 243 g/mol. The van der Waals surface area contributed by atoms with Crippen molar-refractivity contribution < 1.29 is 0 Å². The predicted molar refractivity (Wildman–Crippen MR) is 72.0 cm³/mol. The maximum Gasteiger partial charge on any atom is 0.0958 e. The van der Waals surface area contributed by atoms with Crippen molar-refractivity contribution in [3.63, 3.8) is 0 Å². The Labute approximate surface area is 102 Å². The lowest BCUT2D eigenvalue weighted by atomic mass is 10.1. The highest BCUT2D eigenvalue weighted by atomic mass is 32.1. The minimum atomic E-state index is 0.594. The van der Waals surface area contributed by atoms with Gasteiger partial charge < -0.3 is 22.2 Å². The third-order valence-electron chi connectivity index (χ3n) is 2.05. The maximum absolute atomic E-state index is 5.79. The summed E-state index contributed by atoms with van der Waals surface area (Å²) in [6, 6.07) is 0. The summed E-state index contributed by atoms with van der Waals surface area (Å²) in [5, 5.41) is 2.81. The molecule has 0 aromatic carbocycles. The molecule has 0 aliphatic rings. The first-order valence-electron chi connectivity index (χ1n) is 5.19. The Balaban J connectivity index is 3.73. The van der Waals surface area contributed by atoms with Gasteiger partial charge in [0.1, 0.15) is 0 Å². The van der Waals surface area contributed by atoms with Crippen molar-refractivity contribution in [1.29, 1.82) is 0 Å². The zero-order valence-corrected chi connectivity index (χ0v) is 10.4. The third-order valence-corrected chi connectivity index (χ3v) is 2.37. The highest BCUT2D eigenvalue weighted by Gasteiger charge is 1.95. The van der Waals surface area contributed by atoms with Crippen LogP contribution in [0, 0.1) is 0 Å².